The van der Waals surface area contributed by atoms with E-state index >= 15 is 0 Å². The molecule has 1 N–H and O–H groups in total. The molecule has 0 amide bonds. The van der Waals surface area contributed by atoms with E-state index < -0.39 is 0 Å². The third-order valence-corrected chi connectivity index (χ3v) is 1.99. The molecule has 0 aromatic carbocycles. The second kappa shape index (κ2) is 7.87. The van der Waals surface area contributed by atoms with Gasteiger partial charge in [-0.05, 0) is 33.6 Å². The monoisotopic (exact) mass is 210 g/mol. The molecule has 0 atom stereocenters. The summed E-state index contributed by atoms with van der Waals surface area (Å²) in [6.45, 7) is 2.73. The summed E-state index contributed by atoms with van der Waals surface area (Å²) in [6.07, 6.45) is 1.12. The summed E-state index contributed by atoms with van der Waals surface area (Å²) in [5.74, 6) is 0. The Labute approximate surface area is 84.5 Å². The Bertz CT molecular complexity index is 135. The Kier molecular flexibility index (Phi) is 8.02. The Morgan fingerprint density at radius 3 is 2.67 bits per heavy atom. The highest BCUT2D eigenvalue weighted by Gasteiger charge is 1.92. The normalized spacial score (nSPS) is 12.6. The van der Waals surface area contributed by atoms with Crippen molar-refractivity contribution in [3.8, 4) is 0 Å². The maximum absolute atomic E-state index is 5.66. The molecule has 0 bridgehead atoms. The first kappa shape index (κ1) is 12.2. The van der Waals surface area contributed by atoms with Gasteiger partial charge in [-0.15, -0.1) is 0 Å². The number of rotatable bonds is 6. The molecule has 0 spiro atoms. The maximum Gasteiger partial charge on any atom is 0.0431 e. The van der Waals surface area contributed by atoms with Crippen LogP contribution < -0.4 is 5.32 Å². The van der Waals surface area contributed by atoms with Crippen LogP contribution in [0.15, 0.2) is 10.6 Å². The molecule has 0 heterocycles. The number of nitrogens with one attached hydrogen (secondary N) is 1. The molecule has 0 fully saturated rings. The van der Waals surface area contributed by atoms with Gasteiger partial charge in [0.1, 0.15) is 0 Å². The van der Waals surface area contributed by atoms with Crippen molar-refractivity contribution < 1.29 is 0 Å². The first-order valence-corrected chi connectivity index (χ1v) is 4.78. The van der Waals surface area contributed by atoms with Crippen LogP contribution in [0.25, 0.3) is 0 Å². The van der Waals surface area contributed by atoms with E-state index in [0.29, 0.717) is 11.6 Å². The summed E-state index contributed by atoms with van der Waals surface area (Å²) in [7, 11) is 4.12. The predicted octanol–water partition coefficient (Wildman–Crippen LogP) is 1.85. The highest BCUT2D eigenvalue weighted by molar-refractivity contribution is 6.36. The average molecular weight is 211 g/mol. The summed E-state index contributed by atoms with van der Waals surface area (Å²) >= 11 is 11.0. The Balaban J connectivity index is 3.11. The first-order valence-electron chi connectivity index (χ1n) is 3.97. The molecule has 0 radical (unpaired) electrons. The summed E-state index contributed by atoms with van der Waals surface area (Å²) in [5, 5.41) is 3.83. The molecule has 0 aliphatic heterocycles. The lowest BCUT2D eigenvalue weighted by Gasteiger charge is -2.09. The van der Waals surface area contributed by atoms with Crippen LogP contribution >= 0.6 is 23.2 Å². The number of halogens is 2. The van der Waals surface area contributed by atoms with Gasteiger partial charge in [0.15, 0.2) is 0 Å². The van der Waals surface area contributed by atoms with Crippen LogP contribution in [0.1, 0.15) is 6.42 Å². The molecule has 0 unspecified atom stereocenters. The summed E-state index contributed by atoms with van der Waals surface area (Å²) in [4.78, 5) is 2.15. The molecule has 72 valence electrons. The SMILES string of the molecule is CN(C)CCCNCC(Cl)=CCl. The van der Waals surface area contributed by atoms with E-state index in [2.05, 4.69) is 24.3 Å². The lowest BCUT2D eigenvalue weighted by molar-refractivity contribution is 0.396. The average Bonchev–Trinajstić information content (AvgIpc) is 2.03. The molecule has 0 aliphatic carbocycles. The zero-order valence-corrected chi connectivity index (χ0v) is 9.12. The highest BCUT2D eigenvalue weighted by atomic mass is 35.5. The van der Waals surface area contributed by atoms with Gasteiger partial charge in [0.25, 0.3) is 0 Å². The highest BCUT2D eigenvalue weighted by Crippen LogP contribution is 1.99. The van der Waals surface area contributed by atoms with Crippen LogP contribution in [-0.2, 0) is 0 Å². The van der Waals surface area contributed by atoms with E-state index in [0.717, 1.165) is 19.5 Å². The largest absolute Gasteiger partial charge is 0.312 e. The van der Waals surface area contributed by atoms with E-state index in [1.165, 1.54) is 5.54 Å². The summed E-state index contributed by atoms with van der Waals surface area (Å²) in [5.41, 5.74) is 1.39. The number of nitrogens with zero attached hydrogens (tertiary/aromatic N) is 1. The molecule has 0 rings (SSSR count). The molecule has 0 saturated heterocycles. The zero-order valence-electron chi connectivity index (χ0n) is 7.61. The van der Waals surface area contributed by atoms with Crippen LogP contribution in [0.3, 0.4) is 0 Å². The van der Waals surface area contributed by atoms with Crippen molar-refractivity contribution in [2.24, 2.45) is 0 Å². The Morgan fingerprint density at radius 1 is 1.50 bits per heavy atom. The fourth-order valence-corrected chi connectivity index (χ4v) is 0.938. The molecule has 0 aromatic heterocycles. The molecule has 4 heteroatoms. The van der Waals surface area contributed by atoms with Crippen LogP contribution in [-0.4, -0.2) is 38.6 Å². The molecule has 0 aliphatic rings. The van der Waals surface area contributed by atoms with Crippen LogP contribution in [0.2, 0.25) is 0 Å². The van der Waals surface area contributed by atoms with Crippen LogP contribution in [0, 0.1) is 0 Å². The van der Waals surface area contributed by atoms with Crippen molar-refractivity contribution in [1.82, 2.24) is 10.2 Å². The summed E-state index contributed by atoms with van der Waals surface area (Å²) < 4.78 is 0. The van der Waals surface area contributed by atoms with Crippen molar-refractivity contribution in [2.75, 3.05) is 33.7 Å². The second-order valence-electron chi connectivity index (χ2n) is 2.89. The van der Waals surface area contributed by atoms with E-state index in [1.807, 2.05) is 0 Å². The molecule has 12 heavy (non-hydrogen) atoms. The van der Waals surface area contributed by atoms with Crippen LogP contribution in [0.5, 0.6) is 0 Å². The van der Waals surface area contributed by atoms with E-state index in [1.54, 1.807) is 0 Å². The van der Waals surface area contributed by atoms with Gasteiger partial charge in [0.05, 0.1) is 0 Å². The number of hydrogen-bond acceptors (Lipinski definition) is 2. The van der Waals surface area contributed by atoms with Gasteiger partial charge in [-0.1, -0.05) is 23.2 Å². The number of hydrogen-bond donors (Lipinski definition) is 1. The van der Waals surface area contributed by atoms with Gasteiger partial charge < -0.3 is 10.2 Å². The van der Waals surface area contributed by atoms with Crippen molar-refractivity contribution in [3.63, 3.8) is 0 Å². The van der Waals surface area contributed by atoms with Gasteiger partial charge in [-0.25, -0.2) is 0 Å². The van der Waals surface area contributed by atoms with Gasteiger partial charge in [-0.3, -0.25) is 0 Å². The van der Waals surface area contributed by atoms with Crippen molar-refractivity contribution in [2.45, 2.75) is 6.42 Å². The van der Waals surface area contributed by atoms with Crippen LogP contribution in [0.4, 0.5) is 0 Å². The Hall–Kier alpha value is 0.240. The Morgan fingerprint density at radius 2 is 2.17 bits per heavy atom. The van der Waals surface area contributed by atoms with Gasteiger partial charge in [0.2, 0.25) is 0 Å². The van der Waals surface area contributed by atoms with Crippen molar-refractivity contribution in [3.05, 3.63) is 10.6 Å². The van der Waals surface area contributed by atoms with Crippen molar-refractivity contribution in [1.29, 1.82) is 0 Å². The minimum Gasteiger partial charge on any atom is -0.312 e. The van der Waals surface area contributed by atoms with Gasteiger partial charge in [0, 0.05) is 17.1 Å². The lowest BCUT2D eigenvalue weighted by Crippen LogP contribution is -2.22. The third-order valence-electron chi connectivity index (χ3n) is 1.37. The first-order chi connectivity index (χ1) is 5.66. The van der Waals surface area contributed by atoms with Gasteiger partial charge >= 0.3 is 0 Å². The molecular weight excluding hydrogens is 195 g/mol. The smallest absolute Gasteiger partial charge is 0.0431 e. The topological polar surface area (TPSA) is 15.3 Å². The standard InChI is InChI=1S/C8H16Cl2N2/c1-12(2)5-3-4-11-7-8(10)6-9/h6,11H,3-5,7H2,1-2H3. The minimum atomic E-state index is 0.654. The fraction of sp³-hybridized carbons (Fsp3) is 0.750. The lowest BCUT2D eigenvalue weighted by atomic mass is 10.4. The molecule has 0 aromatic rings. The van der Waals surface area contributed by atoms with Gasteiger partial charge in [-0.2, -0.15) is 0 Å². The summed E-state index contributed by atoms with van der Waals surface area (Å²) in [6, 6.07) is 0. The fourth-order valence-electron chi connectivity index (χ4n) is 0.767. The van der Waals surface area contributed by atoms with Crippen molar-refractivity contribution >= 4 is 23.2 Å². The zero-order chi connectivity index (χ0) is 9.40. The minimum absolute atomic E-state index is 0.654. The third kappa shape index (κ3) is 8.34. The van der Waals surface area contributed by atoms with E-state index in [9.17, 15) is 0 Å². The van der Waals surface area contributed by atoms with E-state index in [4.69, 9.17) is 23.2 Å². The predicted molar refractivity (Wildman–Crippen MR) is 55.8 cm³/mol. The maximum atomic E-state index is 5.66. The molecule has 2 nitrogen and oxygen atoms in total. The molecular formula is C8H16Cl2N2. The van der Waals surface area contributed by atoms with E-state index in [-0.39, 0.29) is 0 Å². The quantitative estimate of drug-likeness (QED) is 0.674. The molecule has 0 saturated carbocycles. The second-order valence-corrected chi connectivity index (χ2v) is 3.59.